The molecule has 0 bridgehead atoms. The lowest BCUT2D eigenvalue weighted by molar-refractivity contribution is -0.200. The summed E-state index contributed by atoms with van der Waals surface area (Å²) in [6.45, 7) is 11.4. The monoisotopic (exact) mass is 245 g/mol. The quantitative estimate of drug-likeness (QED) is 0.551. The molecule has 0 aliphatic rings. The van der Waals surface area contributed by atoms with Gasteiger partial charge in [0, 0.05) is 26.9 Å². The van der Waals surface area contributed by atoms with Gasteiger partial charge in [-0.3, -0.25) is 4.79 Å². The molecule has 0 N–H and O–H groups in total. The van der Waals surface area contributed by atoms with E-state index in [1.165, 1.54) is 4.90 Å². The molecule has 0 aromatic rings. The summed E-state index contributed by atoms with van der Waals surface area (Å²) in [6, 6.07) is 0. The molecule has 0 rings (SSSR count). The second-order valence-corrected chi connectivity index (χ2v) is 4.52. The fraction of sp³-hybridized carbons (Fsp3) is 0.833. The molecule has 0 spiro atoms. The highest BCUT2D eigenvalue weighted by molar-refractivity contribution is 5.72. The van der Waals surface area contributed by atoms with Crippen molar-refractivity contribution in [3.8, 4) is 0 Å². The second kappa shape index (κ2) is 6.47. The topological polar surface area (TPSA) is 55.8 Å². The number of hydrogen-bond acceptors (Lipinski definition) is 4. The van der Waals surface area contributed by atoms with E-state index in [0.29, 0.717) is 13.1 Å². The first-order valence-electron chi connectivity index (χ1n) is 5.94. The van der Waals surface area contributed by atoms with Crippen LogP contribution in [0.3, 0.4) is 0 Å². The van der Waals surface area contributed by atoms with Gasteiger partial charge in [-0.2, -0.15) is 0 Å². The number of carbonyl (C=O) groups excluding carboxylic acids is 2. The maximum absolute atomic E-state index is 11.7. The Morgan fingerprint density at radius 1 is 1.12 bits per heavy atom. The van der Waals surface area contributed by atoms with Crippen molar-refractivity contribution >= 4 is 12.1 Å². The number of nitrogens with zero attached hydrogens (tertiary/aromatic N) is 1. The van der Waals surface area contributed by atoms with E-state index in [2.05, 4.69) is 0 Å². The minimum atomic E-state index is -1.24. The Balaban J connectivity index is 4.43. The summed E-state index contributed by atoms with van der Waals surface area (Å²) in [5.74, 6) is -1.87. The molecule has 0 saturated carbocycles. The van der Waals surface area contributed by atoms with E-state index in [0.717, 1.165) is 0 Å². The van der Waals surface area contributed by atoms with Crippen LogP contribution in [-0.4, -0.2) is 35.8 Å². The van der Waals surface area contributed by atoms with Gasteiger partial charge in [-0.25, -0.2) is 4.79 Å². The predicted molar refractivity (Wildman–Crippen MR) is 64.4 cm³/mol. The average Bonchev–Trinajstić information content (AvgIpc) is 2.17. The maximum atomic E-state index is 11.7. The summed E-state index contributed by atoms with van der Waals surface area (Å²) in [4.78, 5) is 24.6. The van der Waals surface area contributed by atoms with Crippen LogP contribution in [0.4, 0.5) is 4.79 Å². The molecule has 100 valence electrons. The first-order valence-corrected chi connectivity index (χ1v) is 5.94. The van der Waals surface area contributed by atoms with Gasteiger partial charge in [0.05, 0.1) is 5.92 Å². The van der Waals surface area contributed by atoms with Gasteiger partial charge in [-0.15, -0.1) is 0 Å². The highest BCUT2D eigenvalue weighted by Crippen LogP contribution is 2.15. The summed E-state index contributed by atoms with van der Waals surface area (Å²) >= 11 is 0. The smallest absolute Gasteiger partial charge is 0.413 e. The molecule has 0 atom stereocenters. The van der Waals surface area contributed by atoms with E-state index in [1.54, 1.807) is 27.7 Å². The summed E-state index contributed by atoms with van der Waals surface area (Å²) in [7, 11) is 0. The highest BCUT2D eigenvalue weighted by Gasteiger charge is 2.30. The third-order valence-electron chi connectivity index (χ3n) is 2.17. The van der Waals surface area contributed by atoms with Gasteiger partial charge in [0.15, 0.2) is 0 Å². The Labute approximate surface area is 103 Å². The SMILES string of the molecule is CCN(CC)C(=O)OC(C)(C)OC(=O)C(C)C. The van der Waals surface area contributed by atoms with E-state index in [4.69, 9.17) is 9.47 Å². The van der Waals surface area contributed by atoms with Crippen molar-refractivity contribution in [2.45, 2.75) is 47.3 Å². The molecule has 0 fully saturated rings. The third-order valence-corrected chi connectivity index (χ3v) is 2.17. The van der Waals surface area contributed by atoms with Gasteiger partial charge < -0.3 is 14.4 Å². The Morgan fingerprint density at radius 3 is 1.94 bits per heavy atom. The van der Waals surface area contributed by atoms with E-state index in [1.807, 2.05) is 13.8 Å². The van der Waals surface area contributed by atoms with Crippen molar-refractivity contribution in [3.63, 3.8) is 0 Å². The molecule has 0 saturated heterocycles. The molecule has 0 radical (unpaired) electrons. The third kappa shape index (κ3) is 5.56. The van der Waals surface area contributed by atoms with Gasteiger partial charge >= 0.3 is 12.1 Å². The fourth-order valence-electron chi connectivity index (χ4n) is 1.14. The minimum absolute atomic E-state index is 0.249. The van der Waals surface area contributed by atoms with Crippen LogP contribution in [0.25, 0.3) is 0 Å². The summed E-state index contributed by atoms with van der Waals surface area (Å²) in [5, 5.41) is 0. The van der Waals surface area contributed by atoms with Gasteiger partial charge in [-0.05, 0) is 13.8 Å². The van der Waals surface area contributed by atoms with Crippen molar-refractivity contribution in [3.05, 3.63) is 0 Å². The van der Waals surface area contributed by atoms with E-state index in [9.17, 15) is 9.59 Å². The molecular formula is C12H23NO4. The summed E-state index contributed by atoms with van der Waals surface area (Å²) < 4.78 is 10.2. The standard InChI is InChI=1S/C12H23NO4/c1-7-13(8-2)11(15)17-12(5,6)16-10(14)9(3)4/h9H,7-8H2,1-6H3. The van der Waals surface area contributed by atoms with Gasteiger partial charge in [0.1, 0.15) is 0 Å². The Morgan fingerprint density at radius 2 is 1.59 bits per heavy atom. The largest absolute Gasteiger partial charge is 0.423 e. The van der Waals surface area contributed by atoms with Crippen LogP contribution in [0, 0.1) is 5.92 Å². The van der Waals surface area contributed by atoms with Crippen molar-refractivity contribution in [1.82, 2.24) is 4.90 Å². The molecule has 0 aromatic heterocycles. The number of carbonyl (C=O) groups is 2. The summed E-state index contributed by atoms with van der Waals surface area (Å²) in [6.07, 6.45) is -0.475. The maximum Gasteiger partial charge on any atom is 0.413 e. The van der Waals surface area contributed by atoms with Crippen LogP contribution >= 0.6 is 0 Å². The molecule has 0 heterocycles. The second-order valence-electron chi connectivity index (χ2n) is 4.52. The number of hydrogen-bond donors (Lipinski definition) is 0. The van der Waals surface area contributed by atoms with E-state index in [-0.39, 0.29) is 11.9 Å². The molecule has 0 unspecified atom stereocenters. The van der Waals surface area contributed by atoms with Crippen molar-refractivity contribution in [1.29, 1.82) is 0 Å². The lowest BCUT2D eigenvalue weighted by Crippen LogP contribution is -2.41. The molecule has 5 nitrogen and oxygen atoms in total. The number of rotatable bonds is 5. The fourth-order valence-corrected chi connectivity index (χ4v) is 1.14. The zero-order valence-electron chi connectivity index (χ0n) is 11.6. The van der Waals surface area contributed by atoms with Crippen LogP contribution in [-0.2, 0) is 14.3 Å². The number of amides is 1. The average molecular weight is 245 g/mol. The van der Waals surface area contributed by atoms with E-state index < -0.39 is 11.9 Å². The highest BCUT2D eigenvalue weighted by atomic mass is 16.7. The van der Waals surface area contributed by atoms with Crippen LogP contribution in [0.15, 0.2) is 0 Å². The van der Waals surface area contributed by atoms with Crippen LogP contribution in [0.1, 0.15) is 41.5 Å². The Hall–Kier alpha value is -1.26. The Kier molecular flexibility index (Phi) is 5.99. The summed E-state index contributed by atoms with van der Waals surface area (Å²) in [5.41, 5.74) is 0. The molecule has 5 heteroatoms. The van der Waals surface area contributed by atoms with Crippen LogP contribution in [0.2, 0.25) is 0 Å². The van der Waals surface area contributed by atoms with Crippen LogP contribution in [0.5, 0.6) is 0 Å². The lowest BCUT2D eigenvalue weighted by atomic mass is 10.2. The zero-order valence-corrected chi connectivity index (χ0v) is 11.6. The van der Waals surface area contributed by atoms with Gasteiger partial charge in [0.25, 0.3) is 5.79 Å². The molecule has 17 heavy (non-hydrogen) atoms. The first-order chi connectivity index (χ1) is 7.73. The van der Waals surface area contributed by atoms with Gasteiger partial charge in [-0.1, -0.05) is 13.8 Å². The van der Waals surface area contributed by atoms with Crippen molar-refractivity contribution in [2.24, 2.45) is 5.92 Å². The molecule has 0 aromatic carbocycles. The first kappa shape index (κ1) is 15.7. The Bertz CT molecular complexity index is 270. The number of esters is 1. The minimum Gasteiger partial charge on any atom is -0.423 e. The molecule has 1 amide bonds. The van der Waals surface area contributed by atoms with Crippen LogP contribution < -0.4 is 0 Å². The molecule has 0 aliphatic carbocycles. The normalized spacial score (nSPS) is 11.2. The van der Waals surface area contributed by atoms with Crippen molar-refractivity contribution in [2.75, 3.05) is 13.1 Å². The zero-order chi connectivity index (χ0) is 13.6. The van der Waals surface area contributed by atoms with E-state index >= 15 is 0 Å². The predicted octanol–water partition coefficient (Wildman–Crippen LogP) is 2.40. The van der Waals surface area contributed by atoms with Crippen molar-refractivity contribution < 1.29 is 19.1 Å². The number of ether oxygens (including phenoxy) is 2. The van der Waals surface area contributed by atoms with Gasteiger partial charge in [0.2, 0.25) is 0 Å². The lowest BCUT2D eigenvalue weighted by Gasteiger charge is -2.29. The molecular weight excluding hydrogens is 222 g/mol. The molecule has 0 aliphatic heterocycles.